The zero-order valence-electron chi connectivity index (χ0n) is 13.9. The number of nitrogens with zero attached hydrogens (tertiary/aromatic N) is 4. The summed E-state index contributed by atoms with van der Waals surface area (Å²) >= 11 is 0. The van der Waals surface area contributed by atoms with Crippen LogP contribution in [0.2, 0.25) is 0 Å². The summed E-state index contributed by atoms with van der Waals surface area (Å²) in [5.41, 5.74) is 1.14. The molecule has 1 aromatic carbocycles. The second-order valence-corrected chi connectivity index (χ2v) is 5.97. The quantitative estimate of drug-likeness (QED) is 0.894. The second-order valence-electron chi connectivity index (χ2n) is 5.97. The van der Waals surface area contributed by atoms with Gasteiger partial charge in [-0.3, -0.25) is 0 Å². The van der Waals surface area contributed by atoms with E-state index in [2.05, 4.69) is 31.6 Å². The van der Waals surface area contributed by atoms with Gasteiger partial charge in [-0.1, -0.05) is 18.2 Å². The van der Waals surface area contributed by atoms with Crippen molar-refractivity contribution >= 4 is 17.5 Å². The van der Waals surface area contributed by atoms with Crippen LogP contribution in [0, 0.1) is 17.2 Å². The first-order valence-corrected chi connectivity index (χ1v) is 8.32. The van der Waals surface area contributed by atoms with Crippen LogP contribution < -0.4 is 15.5 Å². The zero-order chi connectivity index (χ0) is 17.5. The van der Waals surface area contributed by atoms with Crippen LogP contribution in [-0.4, -0.2) is 35.6 Å². The average molecular weight is 336 g/mol. The van der Waals surface area contributed by atoms with E-state index in [0.717, 1.165) is 31.6 Å². The van der Waals surface area contributed by atoms with E-state index in [4.69, 9.17) is 5.26 Å². The summed E-state index contributed by atoms with van der Waals surface area (Å²) in [6.45, 7) is 2.25. The molecule has 0 unspecified atom stereocenters. The molecule has 1 aliphatic heterocycles. The minimum absolute atomic E-state index is 0.186. The summed E-state index contributed by atoms with van der Waals surface area (Å²) in [7, 11) is 0. The van der Waals surface area contributed by atoms with Crippen molar-refractivity contribution in [1.29, 1.82) is 5.26 Å². The molecule has 0 radical (unpaired) electrons. The Morgan fingerprint density at radius 3 is 2.64 bits per heavy atom. The summed E-state index contributed by atoms with van der Waals surface area (Å²) < 4.78 is 0. The number of amides is 2. The van der Waals surface area contributed by atoms with Crippen LogP contribution in [0.15, 0.2) is 42.7 Å². The first-order chi connectivity index (χ1) is 12.3. The highest BCUT2D eigenvalue weighted by molar-refractivity contribution is 5.89. The third-order valence-electron chi connectivity index (χ3n) is 4.28. The monoisotopic (exact) mass is 336 g/mol. The molecule has 128 valence electrons. The number of carbonyl (C=O) groups is 1. The van der Waals surface area contributed by atoms with Gasteiger partial charge in [0, 0.05) is 37.7 Å². The molecule has 0 atom stereocenters. The van der Waals surface area contributed by atoms with E-state index < -0.39 is 0 Å². The van der Waals surface area contributed by atoms with Crippen molar-refractivity contribution in [3.8, 4) is 6.07 Å². The molecule has 7 nitrogen and oxygen atoms in total. The van der Waals surface area contributed by atoms with E-state index in [1.165, 1.54) is 6.20 Å². The maximum Gasteiger partial charge on any atom is 0.319 e. The Kier molecular flexibility index (Phi) is 5.42. The minimum Gasteiger partial charge on any atom is -0.354 e. The molecule has 1 fully saturated rings. The van der Waals surface area contributed by atoms with Crippen LogP contribution >= 0.6 is 0 Å². The molecule has 0 bridgehead atoms. The van der Waals surface area contributed by atoms with Crippen molar-refractivity contribution in [2.45, 2.75) is 12.8 Å². The van der Waals surface area contributed by atoms with Crippen molar-refractivity contribution in [3.05, 3.63) is 48.4 Å². The SMILES string of the molecule is N#Cc1nccnc1N1CCC(CNC(=O)Nc2ccccc2)CC1. The number of rotatable bonds is 4. The van der Waals surface area contributed by atoms with Crippen LogP contribution in [0.1, 0.15) is 18.5 Å². The first-order valence-electron chi connectivity index (χ1n) is 8.32. The number of piperidine rings is 1. The number of aromatic nitrogens is 2. The van der Waals surface area contributed by atoms with Gasteiger partial charge in [-0.25, -0.2) is 14.8 Å². The number of hydrogen-bond donors (Lipinski definition) is 2. The van der Waals surface area contributed by atoms with Gasteiger partial charge in [-0.15, -0.1) is 0 Å². The van der Waals surface area contributed by atoms with E-state index in [0.29, 0.717) is 24.0 Å². The molecule has 1 aromatic heterocycles. The summed E-state index contributed by atoms with van der Waals surface area (Å²) in [6, 6.07) is 11.3. The van der Waals surface area contributed by atoms with Crippen LogP contribution in [0.5, 0.6) is 0 Å². The zero-order valence-corrected chi connectivity index (χ0v) is 13.9. The molecule has 2 aromatic rings. The molecule has 2 amide bonds. The number of benzene rings is 1. The van der Waals surface area contributed by atoms with Gasteiger partial charge in [0.05, 0.1) is 0 Å². The number of nitrogens with one attached hydrogen (secondary N) is 2. The normalized spacial score (nSPS) is 14.6. The largest absolute Gasteiger partial charge is 0.354 e. The van der Waals surface area contributed by atoms with E-state index in [1.807, 2.05) is 30.3 Å². The molecule has 0 aliphatic carbocycles. The molecule has 0 saturated carbocycles. The molecule has 2 heterocycles. The van der Waals surface area contributed by atoms with Gasteiger partial charge in [-0.05, 0) is 30.9 Å². The summed E-state index contributed by atoms with van der Waals surface area (Å²) in [5.74, 6) is 1.07. The van der Waals surface area contributed by atoms with Crippen molar-refractivity contribution in [2.75, 3.05) is 29.9 Å². The van der Waals surface area contributed by atoms with Crippen LogP contribution in [0.25, 0.3) is 0 Å². The lowest BCUT2D eigenvalue weighted by molar-refractivity contribution is 0.248. The average Bonchev–Trinajstić information content (AvgIpc) is 2.67. The predicted molar refractivity (Wildman–Crippen MR) is 95.1 cm³/mol. The third kappa shape index (κ3) is 4.44. The molecule has 1 aliphatic rings. The van der Waals surface area contributed by atoms with Gasteiger partial charge in [0.1, 0.15) is 6.07 Å². The summed E-state index contributed by atoms with van der Waals surface area (Å²) in [4.78, 5) is 22.4. The highest BCUT2D eigenvalue weighted by Gasteiger charge is 2.22. The van der Waals surface area contributed by atoms with Crippen molar-refractivity contribution in [2.24, 2.45) is 5.92 Å². The molecule has 2 N–H and O–H groups in total. The topological polar surface area (TPSA) is 93.9 Å². The number of hydrogen-bond acceptors (Lipinski definition) is 5. The number of carbonyl (C=O) groups excluding carboxylic acids is 1. The predicted octanol–water partition coefficient (Wildman–Crippen LogP) is 2.39. The number of anilines is 2. The van der Waals surface area contributed by atoms with E-state index in [-0.39, 0.29) is 6.03 Å². The van der Waals surface area contributed by atoms with Crippen molar-refractivity contribution in [1.82, 2.24) is 15.3 Å². The van der Waals surface area contributed by atoms with Gasteiger partial charge in [0.15, 0.2) is 11.5 Å². The number of nitriles is 1. The molecule has 25 heavy (non-hydrogen) atoms. The van der Waals surface area contributed by atoms with E-state index in [1.54, 1.807) is 6.20 Å². The third-order valence-corrected chi connectivity index (χ3v) is 4.28. The van der Waals surface area contributed by atoms with Gasteiger partial charge in [0.2, 0.25) is 0 Å². The second kappa shape index (κ2) is 8.11. The van der Waals surface area contributed by atoms with Gasteiger partial charge in [0.25, 0.3) is 0 Å². The van der Waals surface area contributed by atoms with Crippen molar-refractivity contribution in [3.63, 3.8) is 0 Å². The number of urea groups is 1. The Labute approximate surface area is 146 Å². The van der Waals surface area contributed by atoms with E-state index >= 15 is 0 Å². The molecule has 3 rings (SSSR count). The molecular weight excluding hydrogens is 316 g/mol. The lowest BCUT2D eigenvalue weighted by Gasteiger charge is -2.32. The van der Waals surface area contributed by atoms with E-state index in [9.17, 15) is 4.79 Å². The Morgan fingerprint density at radius 2 is 1.92 bits per heavy atom. The fourth-order valence-corrected chi connectivity index (χ4v) is 2.92. The Morgan fingerprint density at radius 1 is 1.20 bits per heavy atom. The summed E-state index contributed by atoms with van der Waals surface area (Å²) in [5, 5.41) is 14.9. The fraction of sp³-hybridized carbons (Fsp3) is 0.333. The maximum absolute atomic E-state index is 11.9. The summed E-state index contributed by atoms with van der Waals surface area (Å²) in [6.07, 6.45) is 5.02. The highest BCUT2D eigenvalue weighted by atomic mass is 16.2. The molecule has 1 saturated heterocycles. The molecule has 7 heteroatoms. The molecular formula is C18H20N6O. The minimum atomic E-state index is -0.186. The Hall–Kier alpha value is -3.14. The Balaban J connectivity index is 1.45. The fourth-order valence-electron chi connectivity index (χ4n) is 2.92. The van der Waals surface area contributed by atoms with Crippen molar-refractivity contribution < 1.29 is 4.79 Å². The molecule has 0 spiro atoms. The lowest BCUT2D eigenvalue weighted by Crippen LogP contribution is -2.40. The smallest absolute Gasteiger partial charge is 0.319 e. The maximum atomic E-state index is 11.9. The highest BCUT2D eigenvalue weighted by Crippen LogP contribution is 2.22. The van der Waals surface area contributed by atoms with Crippen LogP contribution in [0.4, 0.5) is 16.3 Å². The van der Waals surface area contributed by atoms with Crippen LogP contribution in [0.3, 0.4) is 0 Å². The van der Waals surface area contributed by atoms with Gasteiger partial charge >= 0.3 is 6.03 Å². The van der Waals surface area contributed by atoms with Crippen LogP contribution in [-0.2, 0) is 0 Å². The first kappa shape index (κ1) is 16.7. The standard InChI is InChI=1S/C18H20N6O/c19-12-16-17(21-9-8-20-16)24-10-6-14(7-11-24)13-22-18(25)23-15-4-2-1-3-5-15/h1-5,8-9,14H,6-7,10-11,13H2,(H2,22,23,25). The number of para-hydroxylation sites is 1. The Bertz CT molecular complexity index is 750. The lowest BCUT2D eigenvalue weighted by atomic mass is 9.97. The van der Waals surface area contributed by atoms with Gasteiger partial charge in [-0.2, -0.15) is 5.26 Å². The van der Waals surface area contributed by atoms with Gasteiger partial charge < -0.3 is 15.5 Å².